The molecular weight excluding hydrogens is 264 g/mol. The number of hydrogen-bond donors (Lipinski definition) is 1. The summed E-state index contributed by atoms with van der Waals surface area (Å²) in [4.78, 5) is 0. The van der Waals surface area contributed by atoms with E-state index in [0.29, 0.717) is 12.6 Å². The van der Waals surface area contributed by atoms with Crippen molar-refractivity contribution in [3.05, 3.63) is 28.8 Å². The number of nitrogens with zero attached hydrogens (tertiary/aromatic N) is 5. The summed E-state index contributed by atoms with van der Waals surface area (Å²) in [6, 6.07) is 0.475. The summed E-state index contributed by atoms with van der Waals surface area (Å²) in [5.74, 6) is 0. The van der Waals surface area contributed by atoms with Crippen molar-refractivity contribution in [2.75, 3.05) is 0 Å². The van der Waals surface area contributed by atoms with Crippen molar-refractivity contribution in [1.82, 2.24) is 30.1 Å². The molecule has 2 rings (SSSR count). The summed E-state index contributed by atoms with van der Waals surface area (Å²) in [6.45, 7) is 10.2. The summed E-state index contributed by atoms with van der Waals surface area (Å²) in [7, 11) is 1.88. The van der Waals surface area contributed by atoms with Crippen molar-refractivity contribution in [1.29, 1.82) is 0 Å². The largest absolute Gasteiger partial charge is 0.310 e. The maximum Gasteiger partial charge on any atom is 0.104 e. The molecule has 6 heteroatoms. The van der Waals surface area contributed by atoms with Crippen LogP contribution in [-0.4, -0.2) is 30.8 Å². The zero-order chi connectivity index (χ0) is 15.4. The first-order chi connectivity index (χ1) is 10.0. The highest BCUT2D eigenvalue weighted by Crippen LogP contribution is 2.17. The van der Waals surface area contributed by atoms with Crippen LogP contribution in [0, 0.1) is 0 Å². The van der Waals surface area contributed by atoms with Crippen molar-refractivity contribution in [3.8, 4) is 0 Å². The van der Waals surface area contributed by atoms with Gasteiger partial charge in [0.25, 0.3) is 0 Å². The lowest BCUT2D eigenvalue weighted by atomic mass is 10.1. The number of aryl methyl sites for hydroxylation is 2. The Labute approximate surface area is 126 Å². The number of rotatable bonds is 7. The molecule has 0 spiro atoms. The van der Waals surface area contributed by atoms with Gasteiger partial charge in [0.2, 0.25) is 0 Å². The van der Waals surface area contributed by atoms with E-state index in [4.69, 9.17) is 5.10 Å². The predicted molar refractivity (Wildman–Crippen MR) is 83.1 cm³/mol. The third kappa shape index (κ3) is 3.69. The van der Waals surface area contributed by atoms with E-state index in [1.807, 2.05) is 13.2 Å². The average molecular weight is 290 g/mol. The van der Waals surface area contributed by atoms with Crippen LogP contribution >= 0.6 is 0 Å². The molecule has 116 valence electrons. The van der Waals surface area contributed by atoms with E-state index in [9.17, 15) is 0 Å². The zero-order valence-electron chi connectivity index (χ0n) is 13.7. The Morgan fingerprint density at radius 2 is 2.00 bits per heavy atom. The lowest BCUT2D eigenvalue weighted by molar-refractivity contribution is 0.581. The molecule has 2 heterocycles. The smallest absolute Gasteiger partial charge is 0.104 e. The van der Waals surface area contributed by atoms with Crippen molar-refractivity contribution in [2.24, 2.45) is 7.05 Å². The fourth-order valence-electron chi connectivity index (χ4n) is 2.53. The summed E-state index contributed by atoms with van der Waals surface area (Å²) in [6.07, 6.45) is 3.87. The molecule has 0 fully saturated rings. The van der Waals surface area contributed by atoms with Crippen LogP contribution < -0.4 is 5.32 Å². The van der Waals surface area contributed by atoms with Crippen molar-refractivity contribution in [3.63, 3.8) is 0 Å². The Bertz CT molecular complexity index is 581. The Morgan fingerprint density at radius 3 is 2.52 bits per heavy atom. The van der Waals surface area contributed by atoms with Gasteiger partial charge in [-0.15, -0.1) is 5.10 Å². The van der Waals surface area contributed by atoms with Crippen LogP contribution in [-0.2, 0) is 33.0 Å². The van der Waals surface area contributed by atoms with Gasteiger partial charge >= 0.3 is 0 Å². The molecule has 2 aromatic heterocycles. The Kier molecular flexibility index (Phi) is 5.12. The second-order valence-electron chi connectivity index (χ2n) is 5.66. The van der Waals surface area contributed by atoms with Gasteiger partial charge in [-0.05, 0) is 12.8 Å². The molecule has 1 N–H and O–H groups in total. The third-order valence-electron chi connectivity index (χ3n) is 3.57. The normalized spacial score (nSPS) is 11.5. The van der Waals surface area contributed by atoms with Gasteiger partial charge in [0.1, 0.15) is 5.69 Å². The molecule has 0 amide bonds. The van der Waals surface area contributed by atoms with E-state index in [1.54, 1.807) is 4.68 Å². The van der Waals surface area contributed by atoms with E-state index < -0.39 is 0 Å². The Hall–Kier alpha value is -1.69. The molecule has 0 saturated carbocycles. The molecule has 0 saturated heterocycles. The van der Waals surface area contributed by atoms with Crippen LogP contribution in [0.4, 0.5) is 0 Å². The van der Waals surface area contributed by atoms with Crippen molar-refractivity contribution >= 4 is 0 Å². The highest BCUT2D eigenvalue weighted by Gasteiger charge is 2.16. The first-order valence-corrected chi connectivity index (χ1v) is 7.71. The van der Waals surface area contributed by atoms with Gasteiger partial charge in [-0.2, -0.15) is 5.10 Å². The maximum absolute atomic E-state index is 4.78. The van der Waals surface area contributed by atoms with E-state index in [0.717, 1.165) is 25.1 Å². The van der Waals surface area contributed by atoms with Crippen molar-refractivity contribution in [2.45, 2.75) is 59.7 Å². The monoisotopic (exact) mass is 290 g/mol. The second-order valence-corrected chi connectivity index (χ2v) is 5.66. The average Bonchev–Trinajstić information content (AvgIpc) is 3.00. The Balaban J connectivity index is 2.28. The molecule has 2 aromatic rings. The van der Waals surface area contributed by atoms with Crippen LogP contribution in [0.25, 0.3) is 0 Å². The van der Waals surface area contributed by atoms with E-state index in [-0.39, 0.29) is 0 Å². The fourth-order valence-corrected chi connectivity index (χ4v) is 2.53. The SMILES string of the molecule is CCc1nn(Cc2cn(C)nn2)c(CC)c1CNC(C)C. The molecule has 0 aliphatic carbocycles. The van der Waals surface area contributed by atoms with Crippen LogP contribution in [0.5, 0.6) is 0 Å². The molecule has 0 bridgehead atoms. The minimum Gasteiger partial charge on any atom is -0.310 e. The van der Waals surface area contributed by atoms with Crippen LogP contribution in [0.2, 0.25) is 0 Å². The van der Waals surface area contributed by atoms with Crippen molar-refractivity contribution < 1.29 is 0 Å². The van der Waals surface area contributed by atoms with Gasteiger partial charge in [0.15, 0.2) is 0 Å². The third-order valence-corrected chi connectivity index (χ3v) is 3.57. The molecule has 21 heavy (non-hydrogen) atoms. The first-order valence-electron chi connectivity index (χ1n) is 7.71. The summed E-state index contributed by atoms with van der Waals surface area (Å²) in [5.41, 5.74) is 4.77. The minimum atomic E-state index is 0.475. The predicted octanol–water partition coefficient (Wildman–Crippen LogP) is 1.68. The van der Waals surface area contributed by atoms with Gasteiger partial charge in [0, 0.05) is 37.1 Å². The Morgan fingerprint density at radius 1 is 1.24 bits per heavy atom. The summed E-state index contributed by atoms with van der Waals surface area (Å²) >= 11 is 0. The number of hydrogen-bond acceptors (Lipinski definition) is 4. The summed E-state index contributed by atoms with van der Waals surface area (Å²) in [5, 5.41) is 16.4. The maximum atomic E-state index is 4.78. The molecule has 0 aromatic carbocycles. The molecule has 0 atom stereocenters. The van der Waals surface area contributed by atoms with Crippen LogP contribution in [0.1, 0.15) is 50.3 Å². The van der Waals surface area contributed by atoms with E-state index in [1.165, 1.54) is 17.0 Å². The number of nitrogens with one attached hydrogen (secondary N) is 1. The topological polar surface area (TPSA) is 60.6 Å². The summed E-state index contributed by atoms with van der Waals surface area (Å²) < 4.78 is 3.81. The minimum absolute atomic E-state index is 0.475. The molecule has 0 radical (unpaired) electrons. The quantitative estimate of drug-likeness (QED) is 0.843. The lowest BCUT2D eigenvalue weighted by Gasteiger charge is -2.10. The molecule has 0 aliphatic heterocycles. The van der Waals surface area contributed by atoms with Gasteiger partial charge in [0.05, 0.1) is 12.2 Å². The van der Waals surface area contributed by atoms with Crippen LogP contribution in [0.3, 0.4) is 0 Å². The van der Waals surface area contributed by atoms with Gasteiger partial charge < -0.3 is 5.32 Å². The zero-order valence-corrected chi connectivity index (χ0v) is 13.7. The first kappa shape index (κ1) is 15.7. The highest BCUT2D eigenvalue weighted by atomic mass is 15.4. The molecule has 6 nitrogen and oxygen atoms in total. The van der Waals surface area contributed by atoms with Gasteiger partial charge in [-0.25, -0.2) is 0 Å². The second kappa shape index (κ2) is 6.85. The standard InChI is InChI=1S/C15H26N6/c1-6-14-13(8-16-11(3)4)15(7-2)21(18-14)10-12-9-20(5)19-17-12/h9,11,16H,6-8,10H2,1-5H3. The number of aromatic nitrogens is 5. The fraction of sp³-hybridized carbons (Fsp3) is 0.667. The van der Waals surface area contributed by atoms with Gasteiger partial charge in [-0.3, -0.25) is 9.36 Å². The van der Waals surface area contributed by atoms with Crippen LogP contribution in [0.15, 0.2) is 6.20 Å². The lowest BCUT2D eigenvalue weighted by Crippen LogP contribution is -2.23. The molecular formula is C15H26N6. The molecule has 0 unspecified atom stereocenters. The van der Waals surface area contributed by atoms with Gasteiger partial charge in [-0.1, -0.05) is 32.9 Å². The van der Waals surface area contributed by atoms with E-state index in [2.05, 4.69) is 48.0 Å². The van der Waals surface area contributed by atoms with E-state index >= 15 is 0 Å². The molecule has 0 aliphatic rings. The highest BCUT2D eigenvalue weighted by molar-refractivity contribution is 5.27.